The third kappa shape index (κ3) is 8850. The summed E-state index contributed by atoms with van der Waals surface area (Å²) in [6, 6.07) is 0. The third-order valence-corrected chi connectivity index (χ3v) is 0. The van der Waals surface area contributed by atoms with Crippen molar-refractivity contribution in [1.82, 2.24) is 0 Å². The molecule has 0 aliphatic rings. The number of rotatable bonds is 1. The summed E-state index contributed by atoms with van der Waals surface area (Å²) in [6.07, 6.45) is 0. The average Bonchev–Trinajstić information content (AvgIpc) is 1.59. The van der Waals surface area contributed by atoms with E-state index in [1.807, 2.05) is 0 Å². The molecule has 0 aliphatic carbocycles. The molecule has 8 nitrogen and oxygen atoms in total. The molecule has 0 aromatic rings. The number of hydrogen-bond acceptors (Lipinski definition) is 3. The highest BCUT2D eigenvalue weighted by atomic mass is 31.2. The lowest BCUT2D eigenvalue weighted by Crippen LogP contribution is -1.66. The predicted octanol–water partition coefficient (Wildman–Crippen LogP) is -1.86. The molecule has 0 saturated carbocycles. The van der Waals surface area contributed by atoms with E-state index in [1.54, 1.807) is 0 Å². The zero-order valence-corrected chi connectivity index (χ0v) is 6.14. The molecule has 0 saturated heterocycles. The predicted molar refractivity (Wildman–Crippen MR) is 28.5 cm³/mol. The Hall–Kier alpha value is 0.220. The van der Waals surface area contributed by atoms with Crippen LogP contribution in [0.15, 0.2) is 0 Å². The Kier molecular flexibility index (Phi) is 4.26. The largest absolute Gasteiger partial charge is 0.466 e. The second kappa shape index (κ2) is 4.17. The van der Waals surface area contributed by atoms with E-state index in [9.17, 15) is 4.57 Å². The van der Waals surface area contributed by atoms with Crippen LogP contribution in [-0.2, 0) is 9.13 Å². The summed E-state index contributed by atoms with van der Waals surface area (Å²) >= 11 is 0. The fraction of sp³-hybridized carbons (Fsp3) is 0. The van der Waals surface area contributed by atoms with E-state index in [1.165, 1.54) is 0 Å². The Morgan fingerprint density at radius 2 is 1.00 bits per heavy atom. The van der Waals surface area contributed by atoms with E-state index < -0.39 is 15.6 Å². The first-order chi connectivity index (χ1) is 4.56. The molecular weight excluding hydrogens is 190 g/mol. The van der Waals surface area contributed by atoms with Gasteiger partial charge in [0, 0.05) is 0 Å². The van der Waals surface area contributed by atoms with Crippen LogP contribution in [0.5, 0.6) is 0 Å². The molecule has 0 fully saturated rings. The molecule has 0 aromatic heterocycles. The van der Waals surface area contributed by atoms with Gasteiger partial charge in [-0.25, -0.2) is 9.13 Å². The Morgan fingerprint density at radius 3 is 1.00 bits per heavy atom. The molecule has 0 amide bonds. The number of hydrogen-bond donors (Lipinski definition) is 6. The summed E-state index contributed by atoms with van der Waals surface area (Å²) in [5, 5.41) is 0. The molecule has 0 spiro atoms. The standard InChI is InChI=1S/2H3O4P/c2*1-5(2,3)4/h2*(H3,1,2,3,4)/i/hD. The van der Waals surface area contributed by atoms with Crippen LogP contribution in [0, 0.1) is 0 Å². The highest BCUT2D eigenvalue weighted by Gasteiger charge is 2.00. The van der Waals surface area contributed by atoms with E-state index in [-0.39, 0.29) is 0 Å². The lowest BCUT2D eigenvalue weighted by molar-refractivity contribution is 0.272. The summed E-state index contributed by atoms with van der Waals surface area (Å²) in [4.78, 5) is 39.5. The molecule has 0 heterocycles. The molecule has 0 radical (unpaired) electrons. The van der Waals surface area contributed by atoms with Gasteiger partial charge in [0.05, 0.1) is 0 Å². The van der Waals surface area contributed by atoms with Gasteiger partial charge in [0.2, 0.25) is 1.43 Å². The maximum atomic E-state index is 9.28. The van der Waals surface area contributed by atoms with Gasteiger partial charge in [-0.3, -0.25) is 0 Å². The van der Waals surface area contributed by atoms with E-state index in [2.05, 4.69) is 4.90 Å². The van der Waals surface area contributed by atoms with Crippen molar-refractivity contribution in [2.24, 2.45) is 0 Å². The van der Waals surface area contributed by atoms with E-state index in [0.717, 1.165) is 0 Å². The van der Waals surface area contributed by atoms with Crippen molar-refractivity contribution >= 4 is 15.6 Å². The van der Waals surface area contributed by atoms with Crippen LogP contribution < -0.4 is 0 Å². The summed E-state index contributed by atoms with van der Waals surface area (Å²) in [7, 11) is -9.12. The van der Waals surface area contributed by atoms with Crippen molar-refractivity contribution in [2.45, 2.75) is 0 Å². The maximum Gasteiger partial charge on any atom is 0.466 e. The topological polar surface area (TPSA) is 156 Å². The van der Waals surface area contributed by atoms with Gasteiger partial charge >= 0.3 is 15.6 Å². The van der Waals surface area contributed by atoms with Gasteiger partial charge in [-0.1, -0.05) is 0 Å². The van der Waals surface area contributed by atoms with Gasteiger partial charge in [-0.2, -0.15) is 0 Å². The average molecular weight is 197 g/mol. The molecule has 0 rings (SSSR count). The van der Waals surface area contributed by atoms with Crippen LogP contribution >= 0.6 is 15.6 Å². The van der Waals surface area contributed by atoms with Crippen molar-refractivity contribution < 1.29 is 38.5 Å². The van der Waals surface area contributed by atoms with Crippen molar-refractivity contribution in [3.05, 3.63) is 0 Å². The molecule has 0 unspecified atom stereocenters. The van der Waals surface area contributed by atoms with Crippen molar-refractivity contribution in [1.29, 1.82) is 1.43 Å². The normalized spacial score (nSPS) is 13.1. The van der Waals surface area contributed by atoms with Gasteiger partial charge < -0.3 is 29.4 Å². The quantitative estimate of drug-likeness (QED) is 0.267. The molecule has 0 aromatic carbocycles. The van der Waals surface area contributed by atoms with E-state index in [0.29, 0.717) is 0 Å². The van der Waals surface area contributed by atoms with Crippen LogP contribution in [-0.4, -0.2) is 30.8 Å². The Morgan fingerprint density at radius 1 is 0.900 bits per heavy atom. The zero-order valence-electron chi connectivity index (χ0n) is 5.36. The summed E-state index contributed by atoms with van der Waals surface area (Å²) in [5.41, 5.74) is 0. The van der Waals surface area contributed by atoms with E-state index >= 15 is 0 Å². The Balaban J connectivity index is 0. The molecule has 0 atom stereocenters. The monoisotopic (exact) mass is 197 g/mol. The Labute approximate surface area is 56.7 Å². The molecule has 0 aliphatic heterocycles. The van der Waals surface area contributed by atoms with Gasteiger partial charge in [0.25, 0.3) is 0 Å². The van der Waals surface area contributed by atoms with Crippen LogP contribution in [0.25, 0.3) is 0 Å². The molecular formula is H6O8P2. The molecule has 10 heteroatoms. The third-order valence-electron chi connectivity index (χ3n) is 0. The van der Waals surface area contributed by atoms with E-state index in [4.69, 9.17) is 30.5 Å². The molecule has 64 valence electrons. The molecule has 10 heavy (non-hydrogen) atoms. The molecule has 0 bridgehead atoms. The summed E-state index contributed by atoms with van der Waals surface area (Å²) < 4.78 is 23.8. The first-order valence-corrected chi connectivity index (χ1v) is 4.64. The smallest absolute Gasteiger partial charge is 0.303 e. The summed E-state index contributed by atoms with van der Waals surface area (Å²) in [6.45, 7) is 0. The number of phosphoric acid groups is 2. The van der Waals surface area contributed by atoms with Crippen LogP contribution in [0.4, 0.5) is 0 Å². The molecule has 6 N–H and O–H groups in total. The fourth-order valence-electron chi connectivity index (χ4n) is 0. The van der Waals surface area contributed by atoms with Gasteiger partial charge in [0.15, 0.2) is 0 Å². The van der Waals surface area contributed by atoms with Crippen molar-refractivity contribution in [3.63, 3.8) is 0 Å². The van der Waals surface area contributed by atoms with Gasteiger partial charge in [0.1, 0.15) is 0 Å². The summed E-state index contributed by atoms with van der Waals surface area (Å²) in [5.74, 6) is 0. The highest BCUT2D eigenvalue weighted by Crippen LogP contribution is 2.26. The minimum absolute atomic E-state index is 2.85. The minimum atomic E-state index is -4.64. The first-order valence-electron chi connectivity index (χ1n) is 1.96. The maximum absolute atomic E-state index is 9.28. The lowest BCUT2D eigenvalue weighted by atomic mass is 15.8. The van der Waals surface area contributed by atoms with Crippen molar-refractivity contribution in [3.8, 4) is 0 Å². The second-order valence-electron chi connectivity index (χ2n) is 1.00. The fourth-order valence-corrected chi connectivity index (χ4v) is 0. The SMILES string of the molecule is O=P(O)(O)O.[2H]OP(=O)(O)O. The first kappa shape index (κ1) is 10.2. The minimum Gasteiger partial charge on any atom is -0.303 e. The highest BCUT2D eigenvalue weighted by molar-refractivity contribution is 7.45. The Bertz CT molecular complexity index is 164. The van der Waals surface area contributed by atoms with Crippen LogP contribution in [0.1, 0.15) is 0 Å². The second-order valence-corrected chi connectivity index (χ2v) is 3.01. The van der Waals surface area contributed by atoms with Crippen LogP contribution in [0.2, 0.25) is 0 Å². The van der Waals surface area contributed by atoms with Crippen molar-refractivity contribution in [2.75, 3.05) is 0 Å². The van der Waals surface area contributed by atoms with Gasteiger partial charge in [-0.15, -0.1) is 0 Å². The van der Waals surface area contributed by atoms with Crippen LogP contribution in [0.3, 0.4) is 0 Å². The zero-order chi connectivity index (χ0) is 9.71. The van der Waals surface area contributed by atoms with Gasteiger partial charge in [-0.05, 0) is 0 Å². The lowest BCUT2D eigenvalue weighted by Gasteiger charge is -1.82.